The first kappa shape index (κ1) is 14.3. The average molecular weight is 300 g/mol. The van der Waals surface area contributed by atoms with Gasteiger partial charge in [-0.05, 0) is 37.1 Å². The fourth-order valence-corrected chi connectivity index (χ4v) is 2.40. The van der Waals surface area contributed by atoms with E-state index in [2.05, 4.69) is 4.98 Å². The van der Waals surface area contributed by atoms with Crippen LogP contribution in [0.1, 0.15) is 23.3 Å². The number of pyridine rings is 1. The first-order chi connectivity index (χ1) is 10.6. The van der Waals surface area contributed by atoms with Gasteiger partial charge in [0.05, 0.1) is 12.6 Å². The van der Waals surface area contributed by atoms with Gasteiger partial charge >= 0.3 is 5.97 Å². The van der Waals surface area contributed by atoms with Gasteiger partial charge in [0, 0.05) is 11.4 Å². The fourth-order valence-electron chi connectivity index (χ4n) is 2.40. The van der Waals surface area contributed by atoms with Crippen molar-refractivity contribution in [1.29, 1.82) is 0 Å². The molecule has 0 atom stereocenters. The molecule has 0 bridgehead atoms. The lowest BCUT2D eigenvalue weighted by molar-refractivity contribution is -0.137. The topological polar surface area (TPSA) is 79.7 Å². The standard InChI is InChI=1S/C16H16N2O4/c1-22-12-5-7-13-10(8-12)2-6-14(17-13)16(21)18(9-15(19)20)11-3-4-11/h2,5-8,11H,3-4,9H2,1H3,(H,19,20). The highest BCUT2D eigenvalue weighted by molar-refractivity contribution is 5.96. The van der Waals surface area contributed by atoms with Gasteiger partial charge < -0.3 is 14.7 Å². The Morgan fingerprint density at radius 3 is 2.73 bits per heavy atom. The van der Waals surface area contributed by atoms with Crippen LogP contribution >= 0.6 is 0 Å². The normalized spacial score (nSPS) is 13.9. The maximum atomic E-state index is 12.5. The van der Waals surface area contributed by atoms with E-state index in [1.165, 1.54) is 4.90 Å². The summed E-state index contributed by atoms with van der Waals surface area (Å²) >= 11 is 0. The van der Waals surface area contributed by atoms with E-state index in [4.69, 9.17) is 9.84 Å². The van der Waals surface area contributed by atoms with Crippen LogP contribution in [0.15, 0.2) is 30.3 Å². The SMILES string of the molecule is COc1ccc2nc(C(=O)N(CC(=O)O)C3CC3)ccc2c1. The van der Waals surface area contributed by atoms with Crippen LogP contribution in [-0.4, -0.2) is 46.6 Å². The molecule has 22 heavy (non-hydrogen) atoms. The molecule has 2 aromatic rings. The monoisotopic (exact) mass is 300 g/mol. The lowest BCUT2D eigenvalue weighted by atomic mass is 10.2. The zero-order valence-electron chi connectivity index (χ0n) is 12.2. The summed E-state index contributed by atoms with van der Waals surface area (Å²) < 4.78 is 5.15. The number of rotatable bonds is 5. The summed E-state index contributed by atoms with van der Waals surface area (Å²) in [5.41, 5.74) is 0.948. The molecular weight excluding hydrogens is 284 g/mol. The van der Waals surface area contributed by atoms with E-state index in [9.17, 15) is 9.59 Å². The van der Waals surface area contributed by atoms with E-state index in [0.29, 0.717) is 5.52 Å². The second-order valence-corrected chi connectivity index (χ2v) is 5.31. The van der Waals surface area contributed by atoms with Crippen LogP contribution in [0.2, 0.25) is 0 Å². The summed E-state index contributed by atoms with van der Waals surface area (Å²) in [6.07, 6.45) is 1.70. The summed E-state index contributed by atoms with van der Waals surface area (Å²) in [6.45, 7) is -0.286. The molecule has 1 heterocycles. The first-order valence-electron chi connectivity index (χ1n) is 7.06. The van der Waals surface area contributed by atoms with Crippen LogP contribution < -0.4 is 4.74 Å². The molecule has 0 radical (unpaired) electrons. The number of nitrogens with zero attached hydrogens (tertiary/aromatic N) is 2. The molecule has 1 aromatic heterocycles. The Bertz CT molecular complexity index is 740. The zero-order valence-corrected chi connectivity index (χ0v) is 12.2. The highest BCUT2D eigenvalue weighted by Gasteiger charge is 2.34. The van der Waals surface area contributed by atoms with Crippen LogP contribution in [0.25, 0.3) is 10.9 Å². The third kappa shape index (κ3) is 2.86. The van der Waals surface area contributed by atoms with E-state index < -0.39 is 5.97 Å². The molecule has 1 saturated carbocycles. The lowest BCUT2D eigenvalue weighted by Crippen LogP contribution is -2.37. The van der Waals surface area contributed by atoms with Crippen molar-refractivity contribution in [2.75, 3.05) is 13.7 Å². The van der Waals surface area contributed by atoms with Crippen LogP contribution in [0.4, 0.5) is 0 Å². The largest absolute Gasteiger partial charge is 0.497 e. The second kappa shape index (κ2) is 5.63. The van der Waals surface area contributed by atoms with Gasteiger partial charge in [-0.25, -0.2) is 4.98 Å². The molecule has 0 aliphatic heterocycles. The number of ether oxygens (including phenoxy) is 1. The number of carboxylic acids is 1. The second-order valence-electron chi connectivity index (χ2n) is 5.31. The number of carbonyl (C=O) groups excluding carboxylic acids is 1. The number of aromatic nitrogens is 1. The number of fused-ring (bicyclic) bond motifs is 1. The van der Waals surface area contributed by atoms with E-state index in [-0.39, 0.29) is 24.2 Å². The van der Waals surface area contributed by atoms with Crippen LogP contribution in [-0.2, 0) is 4.79 Å². The Hall–Kier alpha value is -2.63. The number of carbonyl (C=O) groups is 2. The van der Waals surface area contributed by atoms with Gasteiger partial charge in [-0.1, -0.05) is 6.07 Å². The molecule has 0 unspecified atom stereocenters. The number of carboxylic acid groups (broad SMARTS) is 1. The molecule has 1 aliphatic rings. The molecule has 1 fully saturated rings. The van der Waals surface area contributed by atoms with Crippen molar-refractivity contribution >= 4 is 22.8 Å². The zero-order chi connectivity index (χ0) is 15.7. The Balaban J connectivity index is 1.91. The highest BCUT2D eigenvalue weighted by Crippen LogP contribution is 2.28. The van der Waals surface area contributed by atoms with Crippen LogP contribution in [0.5, 0.6) is 5.75 Å². The highest BCUT2D eigenvalue weighted by atomic mass is 16.5. The minimum absolute atomic E-state index is 0.0250. The van der Waals surface area contributed by atoms with Crippen LogP contribution in [0, 0.1) is 0 Å². The number of aliphatic carboxylic acids is 1. The lowest BCUT2D eigenvalue weighted by Gasteiger charge is -2.19. The molecule has 114 valence electrons. The Morgan fingerprint density at radius 2 is 2.09 bits per heavy atom. The molecule has 1 amide bonds. The predicted octanol–water partition coefficient (Wildman–Crippen LogP) is 1.93. The minimum atomic E-state index is -1.01. The first-order valence-corrected chi connectivity index (χ1v) is 7.06. The summed E-state index contributed by atoms with van der Waals surface area (Å²) in [4.78, 5) is 29.2. The van der Waals surface area contributed by atoms with Crippen LogP contribution in [0.3, 0.4) is 0 Å². The van der Waals surface area contributed by atoms with E-state index in [0.717, 1.165) is 24.0 Å². The van der Waals surface area contributed by atoms with Crippen molar-refractivity contribution in [1.82, 2.24) is 9.88 Å². The van der Waals surface area contributed by atoms with Crippen molar-refractivity contribution < 1.29 is 19.4 Å². The molecule has 6 nitrogen and oxygen atoms in total. The Labute approximate surface area is 127 Å². The van der Waals surface area contributed by atoms with Crippen molar-refractivity contribution in [3.8, 4) is 5.75 Å². The van der Waals surface area contributed by atoms with Gasteiger partial charge in [0.15, 0.2) is 0 Å². The van der Waals surface area contributed by atoms with Gasteiger partial charge in [-0.2, -0.15) is 0 Å². The van der Waals surface area contributed by atoms with Crippen molar-refractivity contribution in [2.45, 2.75) is 18.9 Å². The number of methoxy groups -OCH3 is 1. The summed E-state index contributed by atoms with van der Waals surface area (Å²) in [5, 5.41) is 9.83. The third-order valence-electron chi connectivity index (χ3n) is 3.67. The fraction of sp³-hybridized carbons (Fsp3) is 0.312. The smallest absolute Gasteiger partial charge is 0.323 e. The molecule has 1 aliphatic carbocycles. The van der Waals surface area contributed by atoms with Gasteiger partial charge in [-0.3, -0.25) is 9.59 Å². The maximum Gasteiger partial charge on any atom is 0.323 e. The molecule has 3 rings (SSSR count). The maximum absolute atomic E-state index is 12.5. The van der Waals surface area contributed by atoms with E-state index in [1.807, 2.05) is 6.07 Å². The molecule has 0 saturated heterocycles. The summed E-state index contributed by atoms with van der Waals surface area (Å²) in [7, 11) is 1.59. The third-order valence-corrected chi connectivity index (χ3v) is 3.67. The quantitative estimate of drug-likeness (QED) is 0.912. The number of hydrogen-bond donors (Lipinski definition) is 1. The summed E-state index contributed by atoms with van der Waals surface area (Å²) in [5.74, 6) is -0.618. The van der Waals surface area contributed by atoms with Gasteiger partial charge in [0.2, 0.25) is 0 Å². The van der Waals surface area contributed by atoms with Crippen molar-refractivity contribution in [2.24, 2.45) is 0 Å². The molecular formula is C16H16N2O4. The number of hydrogen-bond acceptors (Lipinski definition) is 4. The van der Waals surface area contributed by atoms with Gasteiger partial charge in [0.25, 0.3) is 5.91 Å². The minimum Gasteiger partial charge on any atom is -0.497 e. The number of benzene rings is 1. The Kier molecular flexibility index (Phi) is 3.66. The van der Waals surface area contributed by atoms with E-state index in [1.54, 1.807) is 31.4 Å². The average Bonchev–Trinajstić information content (AvgIpc) is 3.35. The number of amides is 1. The molecule has 0 spiro atoms. The Morgan fingerprint density at radius 1 is 1.32 bits per heavy atom. The van der Waals surface area contributed by atoms with Gasteiger partial charge in [0.1, 0.15) is 18.0 Å². The summed E-state index contributed by atoms with van der Waals surface area (Å²) in [6, 6.07) is 8.85. The van der Waals surface area contributed by atoms with E-state index >= 15 is 0 Å². The van der Waals surface area contributed by atoms with Crippen molar-refractivity contribution in [3.63, 3.8) is 0 Å². The molecule has 1 aromatic carbocycles. The predicted molar refractivity (Wildman–Crippen MR) is 80.0 cm³/mol. The molecule has 6 heteroatoms. The molecule has 1 N–H and O–H groups in total. The van der Waals surface area contributed by atoms with Crippen molar-refractivity contribution in [3.05, 3.63) is 36.0 Å². The van der Waals surface area contributed by atoms with Gasteiger partial charge in [-0.15, -0.1) is 0 Å².